The first-order chi connectivity index (χ1) is 12.7. The van der Waals surface area contributed by atoms with E-state index in [4.69, 9.17) is 4.74 Å². The first kappa shape index (κ1) is 16.0. The van der Waals surface area contributed by atoms with E-state index in [1.54, 1.807) is 12.1 Å². The second kappa shape index (κ2) is 6.43. The molecule has 1 N–H and O–H groups in total. The van der Waals surface area contributed by atoms with Crippen molar-refractivity contribution in [2.75, 3.05) is 17.3 Å². The van der Waals surface area contributed by atoms with Gasteiger partial charge in [-0.2, -0.15) is 0 Å². The molecule has 3 aromatic rings. The van der Waals surface area contributed by atoms with Crippen LogP contribution in [0.5, 0.6) is 5.75 Å². The van der Waals surface area contributed by atoms with Crippen molar-refractivity contribution >= 4 is 17.3 Å². The van der Waals surface area contributed by atoms with E-state index in [1.807, 2.05) is 0 Å². The van der Waals surface area contributed by atoms with Gasteiger partial charge in [-0.1, -0.05) is 0 Å². The lowest BCUT2D eigenvalue weighted by Gasteiger charge is -2.25. The highest BCUT2D eigenvalue weighted by Gasteiger charge is 2.40. The van der Waals surface area contributed by atoms with Gasteiger partial charge in [0.1, 0.15) is 31.0 Å². The normalized spacial score (nSPS) is 15.7. The fraction of sp³-hybridized carbons (Fsp3) is 0.200. The lowest BCUT2D eigenvalue weighted by Crippen LogP contribution is -2.39. The van der Waals surface area contributed by atoms with Gasteiger partial charge < -0.3 is 10.1 Å². The average molecular weight is 358 g/mol. The molecule has 9 nitrogen and oxygen atoms in total. The summed E-state index contributed by atoms with van der Waals surface area (Å²) in [7, 11) is 1.45. The summed E-state index contributed by atoms with van der Waals surface area (Å²) in [6.07, 6.45) is 1.12. The van der Waals surface area contributed by atoms with Crippen molar-refractivity contribution in [3.63, 3.8) is 0 Å². The molecule has 132 valence electrons. The quantitative estimate of drug-likeness (QED) is 0.749. The summed E-state index contributed by atoms with van der Waals surface area (Å²) in [6.45, 7) is 0. The van der Waals surface area contributed by atoms with Gasteiger partial charge in [0.2, 0.25) is 5.95 Å². The van der Waals surface area contributed by atoms with E-state index in [9.17, 15) is 8.78 Å². The third kappa shape index (κ3) is 2.53. The molecule has 1 atom stereocenters. The molecule has 0 amide bonds. The summed E-state index contributed by atoms with van der Waals surface area (Å²) >= 11 is 0. The number of hydrogen-bond acceptors (Lipinski definition) is 9. The molecular weight excluding hydrogens is 346 g/mol. The molecule has 4 rings (SSSR count). The van der Waals surface area contributed by atoms with E-state index in [-0.39, 0.29) is 5.95 Å². The predicted octanol–water partition coefficient (Wildman–Crippen LogP) is 1.89. The van der Waals surface area contributed by atoms with E-state index >= 15 is 0 Å². The highest BCUT2D eigenvalue weighted by molar-refractivity contribution is 5.91. The van der Waals surface area contributed by atoms with Crippen LogP contribution in [0.15, 0.2) is 37.4 Å². The Labute approximate surface area is 146 Å². The Bertz CT molecular complexity index is 912. The van der Waals surface area contributed by atoms with E-state index in [2.05, 4.69) is 35.2 Å². The van der Waals surface area contributed by atoms with Crippen molar-refractivity contribution in [3.05, 3.63) is 37.4 Å². The van der Waals surface area contributed by atoms with Crippen LogP contribution in [0.25, 0.3) is 11.4 Å². The Morgan fingerprint density at radius 1 is 1.04 bits per heavy atom. The standard InChI is InChI=1S/C15H12F2N8O/c1-26-11-8(13-20-4-18-5-21-13)2-3-9-10(11)25(14(24-9)12(16)17)15-22-6-19-7-23-15/h2-7,12,14,24H,1H3. The van der Waals surface area contributed by atoms with Crippen molar-refractivity contribution in [1.82, 2.24) is 29.9 Å². The summed E-state index contributed by atoms with van der Waals surface area (Å²) in [6, 6.07) is 3.35. The number of ether oxygens (including phenoxy) is 1. The van der Waals surface area contributed by atoms with Crippen LogP contribution in [0.2, 0.25) is 0 Å². The van der Waals surface area contributed by atoms with Crippen LogP contribution in [-0.4, -0.2) is 49.6 Å². The van der Waals surface area contributed by atoms with Crippen LogP contribution in [0.1, 0.15) is 0 Å². The highest BCUT2D eigenvalue weighted by atomic mass is 19.3. The third-order valence-electron chi connectivity index (χ3n) is 3.83. The summed E-state index contributed by atoms with van der Waals surface area (Å²) in [5.41, 5.74) is 1.37. The molecule has 0 fully saturated rings. The average Bonchev–Trinajstić information content (AvgIpc) is 3.08. The molecule has 1 aliphatic heterocycles. The Morgan fingerprint density at radius 2 is 1.69 bits per heavy atom. The molecule has 3 heterocycles. The number of nitrogens with one attached hydrogen (secondary N) is 1. The van der Waals surface area contributed by atoms with Gasteiger partial charge in [0.15, 0.2) is 17.7 Å². The maximum atomic E-state index is 13.7. The molecular formula is C15H12F2N8O. The molecule has 0 bridgehead atoms. The lowest BCUT2D eigenvalue weighted by molar-refractivity contribution is 0.127. The van der Waals surface area contributed by atoms with E-state index in [0.29, 0.717) is 28.5 Å². The molecule has 11 heteroatoms. The first-order valence-corrected chi connectivity index (χ1v) is 7.50. The second-order valence-electron chi connectivity index (χ2n) is 5.24. The monoisotopic (exact) mass is 358 g/mol. The molecule has 1 unspecified atom stereocenters. The summed E-state index contributed by atoms with van der Waals surface area (Å²) < 4.78 is 32.8. The van der Waals surface area contributed by atoms with Crippen LogP contribution < -0.4 is 15.0 Å². The molecule has 1 aliphatic rings. The minimum absolute atomic E-state index is 0.0719. The number of aromatic nitrogens is 6. The van der Waals surface area contributed by atoms with Crippen LogP contribution in [-0.2, 0) is 0 Å². The van der Waals surface area contributed by atoms with Crippen LogP contribution >= 0.6 is 0 Å². The number of halogens is 2. The SMILES string of the molecule is COc1c(-c2ncncn2)ccc2c1N(c1ncncn1)C(C(F)F)N2. The Balaban J connectivity index is 1.93. The van der Waals surface area contributed by atoms with E-state index < -0.39 is 12.6 Å². The second-order valence-corrected chi connectivity index (χ2v) is 5.24. The molecule has 0 radical (unpaired) electrons. The molecule has 0 saturated heterocycles. The zero-order valence-corrected chi connectivity index (χ0v) is 13.4. The van der Waals surface area contributed by atoms with Gasteiger partial charge in [-0.3, -0.25) is 4.90 Å². The van der Waals surface area contributed by atoms with Crippen molar-refractivity contribution in [1.29, 1.82) is 0 Å². The fourth-order valence-electron chi connectivity index (χ4n) is 2.81. The molecule has 26 heavy (non-hydrogen) atoms. The number of alkyl halides is 2. The maximum absolute atomic E-state index is 13.7. The van der Waals surface area contributed by atoms with Crippen LogP contribution in [0, 0.1) is 0 Å². The Hall–Kier alpha value is -3.50. The minimum atomic E-state index is -2.70. The molecule has 0 saturated carbocycles. The van der Waals surface area contributed by atoms with Crippen molar-refractivity contribution < 1.29 is 13.5 Å². The Kier molecular flexibility index (Phi) is 3.95. The largest absolute Gasteiger partial charge is 0.494 e. The third-order valence-corrected chi connectivity index (χ3v) is 3.83. The smallest absolute Gasteiger partial charge is 0.277 e. The van der Waals surface area contributed by atoms with Gasteiger partial charge in [0.25, 0.3) is 6.43 Å². The van der Waals surface area contributed by atoms with Gasteiger partial charge in [-0.05, 0) is 12.1 Å². The topological polar surface area (TPSA) is 102 Å². The van der Waals surface area contributed by atoms with Crippen LogP contribution in [0.3, 0.4) is 0 Å². The first-order valence-electron chi connectivity index (χ1n) is 7.50. The number of rotatable bonds is 4. The molecule has 0 aliphatic carbocycles. The zero-order chi connectivity index (χ0) is 18.1. The van der Waals surface area contributed by atoms with Gasteiger partial charge in [-0.15, -0.1) is 0 Å². The summed E-state index contributed by atoms with van der Waals surface area (Å²) in [5.74, 6) is 0.753. The molecule has 1 aromatic carbocycles. The Morgan fingerprint density at radius 3 is 2.31 bits per heavy atom. The maximum Gasteiger partial charge on any atom is 0.277 e. The summed E-state index contributed by atoms with van der Waals surface area (Å²) in [5, 5.41) is 2.78. The fourth-order valence-corrected chi connectivity index (χ4v) is 2.81. The number of nitrogens with zero attached hydrogens (tertiary/aromatic N) is 7. The van der Waals surface area contributed by atoms with Gasteiger partial charge in [0.05, 0.1) is 18.4 Å². The summed E-state index contributed by atoms with van der Waals surface area (Å²) in [4.78, 5) is 25.0. The van der Waals surface area contributed by atoms with Crippen LogP contribution in [0.4, 0.5) is 26.1 Å². The molecule has 2 aromatic heterocycles. The van der Waals surface area contributed by atoms with E-state index in [1.165, 1.54) is 37.3 Å². The van der Waals surface area contributed by atoms with Gasteiger partial charge in [0, 0.05) is 0 Å². The zero-order valence-electron chi connectivity index (χ0n) is 13.4. The number of fused-ring (bicyclic) bond motifs is 1. The lowest BCUT2D eigenvalue weighted by atomic mass is 10.1. The van der Waals surface area contributed by atoms with E-state index in [0.717, 1.165) is 0 Å². The molecule has 0 spiro atoms. The van der Waals surface area contributed by atoms with Crippen molar-refractivity contribution in [2.45, 2.75) is 12.6 Å². The number of anilines is 3. The number of hydrogen-bond donors (Lipinski definition) is 1. The number of methoxy groups -OCH3 is 1. The van der Waals surface area contributed by atoms with Gasteiger partial charge >= 0.3 is 0 Å². The number of benzene rings is 1. The van der Waals surface area contributed by atoms with Gasteiger partial charge in [-0.25, -0.2) is 38.7 Å². The van der Waals surface area contributed by atoms with Crippen molar-refractivity contribution in [3.8, 4) is 17.1 Å². The van der Waals surface area contributed by atoms with Crippen molar-refractivity contribution in [2.24, 2.45) is 0 Å². The highest BCUT2D eigenvalue weighted by Crippen LogP contribution is 2.49. The predicted molar refractivity (Wildman–Crippen MR) is 87.2 cm³/mol. The minimum Gasteiger partial charge on any atom is -0.494 e.